The molecule has 0 spiro atoms. The Bertz CT molecular complexity index is 782. The first-order valence-electron chi connectivity index (χ1n) is 10.5. The molecular weight excluding hydrogens is 519 g/mol. The van der Waals surface area contributed by atoms with Crippen LogP contribution in [0.25, 0.3) is 0 Å². The van der Waals surface area contributed by atoms with E-state index in [1.54, 1.807) is 14.2 Å². The summed E-state index contributed by atoms with van der Waals surface area (Å²) in [6.07, 6.45) is 8.33. The molecule has 1 aromatic rings. The van der Waals surface area contributed by atoms with Crippen molar-refractivity contribution in [3.8, 4) is 0 Å². The Hall–Kier alpha value is -1.37. The van der Waals surface area contributed by atoms with Crippen molar-refractivity contribution < 1.29 is 18.3 Å². The first-order valence-corrected chi connectivity index (χ1v) is 11.6. The molecule has 2 heterocycles. The zero-order valence-electron chi connectivity index (χ0n) is 17.9. The van der Waals surface area contributed by atoms with E-state index in [4.69, 9.17) is 9.47 Å². The first kappa shape index (κ1) is 24.3. The summed E-state index contributed by atoms with van der Waals surface area (Å²) in [5.41, 5.74) is 0.990. The maximum absolute atomic E-state index is 13.4. The fourth-order valence-corrected chi connectivity index (χ4v) is 4.09. The number of halogens is 3. The summed E-state index contributed by atoms with van der Waals surface area (Å²) in [4.78, 5) is 11.0. The number of hydrogen-bond donors (Lipinski definition) is 2. The highest BCUT2D eigenvalue weighted by molar-refractivity contribution is 14.1. The molecule has 10 heteroatoms. The minimum Gasteiger partial charge on any atom is -0.374 e. The lowest BCUT2D eigenvalue weighted by molar-refractivity contribution is -0.0133. The van der Waals surface area contributed by atoms with Gasteiger partial charge in [-0.15, -0.1) is 0 Å². The van der Waals surface area contributed by atoms with Crippen molar-refractivity contribution in [2.75, 3.05) is 51.0 Å². The van der Waals surface area contributed by atoms with Crippen LogP contribution >= 0.6 is 22.6 Å². The number of anilines is 2. The van der Waals surface area contributed by atoms with Gasteiger partial charge in [-0.1, -0.05) is 6.08 Å². The number of nitrogens with one attached hydrogen (secondary N) is 2. The monoisotopic (exact) mass is 549 g/mol. The van der Waals surface area contributed by atoms with Gasteiger partial charge < -0.3 is 25.0 Å². The van der Waals surface area contributed by atoms with E-state index in [9.17, 15) is 8.78 Å². The maximum atomic E-state index is 13.4. The van der Waals surface area contributed by atoms with E-state index >= 15 is 0 Å². The second-order valence-corrected chi connectivity index (χ2v) is 9.23. The second-order valence-electron chi connectivity index (χ2n) is 7.65. The highest BCUT2D eigenvalue weighted by Crippen LogP contribution is 2.28. The molecule has 0 aromatic carbocycles. The Morgan fingerprint density at radius 3 is 2.71 bits per heavy atom. The largest absolute Gasteiger partial charge is 0.374 e. The normalized spacial score (nSPS) is 21.9. The van der Waals surface area contributed by atoms with Crippen LogP contribution in [0.2, 0.25) is 0 Å². The van der Waals surface area contributed by atoms with Gasteiger partial charge in [0.1, 0.15) is 18.0 Å². The zero-order chi connectivity index (χ0) is 22.3. The Morgan fingerprint density at radius 2 is 2.03 bits per heavy atom. The van der Waals surface area contributed by atoms with Gasteiger partial charge in [-0.05, 0) is 67.1 Å². The van der Waals surface area contributed by atoms with E-state index in [2.05, 4.69) is 25.5 Å². The van der Waals surface area contributed by atoms with Crippen LogP contribution in [0.4, 0.5) is 20.5 Å². The predicted molar refractivity (Wildman–Crippen MR) is 126 cm³/mol. The molecule has 0 radical (unpaired) electrons. The Balaban J connectivity index is 1.62. The molecule has 172 valence electrons. The van der Waals surface area contributed by atoms with Gasteiger partial charge in [-0.3, -0.25) is 0 Å². The fourth-order valence-electron chi connectivity index (χ4n) is 3.69. The summed E-state index contributed by atoms with van der Waals surface area (Å²) >= 11 is 1.12. The molecule has 2 unspecified atom stereocenters. The van der Waals surface area contributed by atoms with Crippen LogP contribution in [0.15, 0.2) is 30.0 Å². The van der Waals surface area contributed by atoms with Crippen molar-refractivity contribution in [2.45, 2.75) is 41.8 Å². The van der Waals surface area contributed by atoms with E-state index in [0.29, 0.717) is 12.4 Å². The van der Waals surface area contributed by atoms with E-state index in [-0.39, 0.29) is 23.9 Å². The van der Waals surface area contributed by atoms with Gasteiger partial charge in [0.25, 0.3) is 0 Å². The Kier molecular flexibility index (Phi) is 8.99. The van der Waals surface area contributed by atoms with Gasteiger partial charge in [0.15, 0.2) is 0 Å². The minimum atomic E-state index is -2.88. The number of allylic oxidation sites excluding steroid dienone is 1. The summed E-state index contributed by atoms with van der Waals surface area (Å²) in [7, 11) is 3.34. The molecule has 2 N–H and O–H groups in total. The molecule has 2 atom stereocenters. The molecule has 1 aliphatic carbocycles. The minimum absolute atomic E-state index is 0.185. The van der Waals surface area contributed by atoms with E-state index < -0.39 is 10.4 Å². The average Bonchev–Trinajstić information content (AvgIpc) is 3.23. The summed E-state index contributed by atoms with van der Waals surface area (Å²) in [5, 5.41) is 6.00. The zero-order valence-corrected chi connectivity index (χ0v) is 20.1. The molecule has 0 saturated carbocycles. The first-order chi connectivity index (χ1) is 14.9. The van der Waals surface area contributed by atoms with Crippen molar-refractivity contribution in [3.63, 3.8) is 0 Å². The lowest BCUT2D eigenvalue weighted by Gasteiger charge is -2.26. The molecule has 1 fully saturated rings. The van der Waals surface area contributed by atoms with Gasteiger partial charge in [0.2, 0.25) is 5.95 Å². The van der Waals surface area contributed by atoms with Crippen molar-refractivity contribution in [1.82, 2.24) is 14.9 Å². The molecule has 1 aliphatic heterocycles. The Morgan fingerprint density at radius 1 is 1.26 bits per heavy atom. The van der Waals surface area contributed by atoms with Gasteiger partial charge in [0, 0.05) is 39.1 Å². The van der Waals surface area contributed by atoms with E-state index in [0.717, 1.165) is 41.3 Å². The summed E-state index contributed by atoms with van der Waals surface area (Å²) in [5.74, 6) is 0.722. The van der Waals surface area contributed by atoms with Crippen molar-refractivity contribution in [1.29, 1.82) is 0 Å². The van der Waals surface area contributed by atoms with E-state index in [1.165, 1.54) is 32.0 Å². The number of likely N-dealkylation sites (tertiary alicyclic amines) is 1. The van der Waals surface area contributed by atoms with Crippen molar-refractivity contribution in [3.05, 3.63) is 35.7 Å². The standard InChI is InChI=1S/C21H30F2IN5O2/c1-25-19-13-16(14-21(22,23)24)27-20(28-19)26-15-6-7-17(30-2)18(12-15)31-11-5-10-29-8-3-4-9-29/h6-7,12-13,17-18H,3-5,8-11,14H2,1-2H3,(H2,25,26,27,28). The maximum Gasteiger partial charge on any atom is 0.302 e. The SMILES string of the molecule is CNc1cc(CC(F)(F)I)nc(NC2=CC(OCCCN3CCCC3)C(OC)C=C2)n1. The van der Waals surface area contributed by atoms with Crippen LogP contribution < -0.4 is 10.6 Å². The van der Waals surface area contributed by atoms with Crippen LogP contribution in [-0.2, 0) is 15.9 Å². The highest BCUT2D eigenvalue weighted by Gasteiger charge is 2.26. The third-order valence-electron chi connectivity index (χ3n) is 5.21. The average molecular weight is 549 g/mol. The second kappa shape index (κ2) is 11.5. The summed E-state index contributed by atoms with van der Waals surface area (Å²) < 4.78 is 35.6. The van der Waals surface area contributed by atoms with Crippen molar-refractivity contribution in [2.24, 2.45) is 0 Å². The number of alkyl halides is 3. The molecule has 1 saturated heterocycles. The number of methoxy groups -OCH3 is 1. The number of ether oxygens (including phenoxy) is 2. The lowest BCUT2D eigenvalue weighted by atomic mass is 10.1. The summed E-state index contributed by atoms with van der Waals surface area (Å²) in [6, 6.07) is 1.52. The molecule has 31 heavy (non-hydrogen) atoms. The highest BCUT2D eigenvalue weighted by atomic mass is 127. The summed E-state index contributed by atoms with van der Waals surface area (Å²) in [6.45, 7) is 4.04. The topological polar surface area (TPSA) is 71.5 Å². The van der Waals surface area contributed by atoms with Gasteiger partial charge in [0.05, 0.1) is 12.1 Å². The lowest BCUT2D eigenvalue weighted by Crippen LogP contribution is -2.31. The molecule has 0 amide bonds. The third-order valence-corrected chi connectivity index (χ3v) is 5.59. The van der Waals surface area contributed by atoms with Gasteiger partial charge >= 0.3 is 3.93 Å². The quantitative estimate of drug-likeness (QED) is 0.247. The Labute approximate surface area is 195 Å². The van der Waals surface area contributed by atoms with Crippen molar-refractivity contribution >= 4 is 34.4 Å². The third kappa shape index (κ3) is 7.92. The number of nitrogens with zero attached hydrogens (tertiary/aromatic N) is 3. The van der Waals surface area contributed by atoms with E-state index in [1.807, 2.05) is 18.2 Å². The van der Waals surface area contributed by atoms with Crippen LogP contribution in [0.3, 0.4) is 0 Å². The van der Waals surface area contributed by atoms with Gasteiger partial charge in [-0.2, -0.15) is 13.8 Å². The molecule has 3 rings (SSSR count). The van der Waals surface area contributed by atoms with Crippen LogP contribution in [0.1, 0.15) is 25.0 Å². The fraction of sp³-hybridized carbons (Fsp3) is 0.619. The molecule has 2 aliphatic rings. The van der Waals surface area contributed by atoms with Crippen LogP contribution in [0.5, 0.6) is 0 Å². The van der Waals surface area contributed by atoms with Gasteiger partial charge in [-0.25, -0.2) is 4.98 Å². The molecule has 7 nitrogen and oxygen atoms in total. The predicted octanol–water partition coefficient (Wildman–Crippen LogP) is 3.84. The smallest absolute Gasteiger partial charge is 0.302 e. The number of rotatable bonds is 11. The number of hydrogen-bond acceptors (Lipinski definition) is 7. The van der Waals surface area contributed by atoms with Crippen LogP contribution in [-0.4, -0.2) is 71.4 Å². The number of aromatic nitrogens is 2. The molecule has 1 aromatic heterocycles. The van der Waals surface area contributed by atoms with Crippen LogP contribution in [0, 0.1) is 0 Å². The molecular formula is C21H30F2IN5O2. The molecule has 0 bridgehead atoms.